The summed E-state index contributed by atoms with van der Waals surface area (Å²) in [5.74, 6) is -0.734. The number of aryl methyl sites for hydroxylation is 2. The summed E-state index contributed by atoms with van der Waals surface area (Å²) in [4.78, 5) is 16.3. The molecule has 0 atom stereocenters. The molecule has 3 N–H and O–H groups in total. The number of nitrogens with one attached hydrogen (secondary N) is 1. The first-order valence-corrected chi connectivity index (χ1v) is 8.69. The molecule has 30 heavy (non-hydrogen) atoms. The monoisotopic (exact) mass is 437 g/mol. The number of hydrogen-bond acceptors (Lipinski definition) is 3. The molecule has 4 nitrogen and oxygen atoms in total. The summed E-state index contributed by atoms with van der Waals surface area (Å²) in [5.41, 5.74) is -1.35. The molecular weight excluding hydrogens is 419 g/mol. The Labute approximate surface area is 167 Å². The third-order valence-electron chi connectivity index (χ3n) is 4.51. The van der Waals surface area contributed by atoms with Crippen LogP contribution in [-0.2, 0) is 18.6 Å². The second-order valence-corrected chi connectivity index (χ2v) is 6.54. The molecule has 2 rings (SSSR count). The Bertz CT molecular complexity index is 907. The molecule has 0 bridgehead atoms. The van der Waals surface area contributed by atoms with Crippen molar-refractivity contribution >= 4 is 11.6 Å². The largest absolute Gasteiger partial charge is 0.435 e. The summed E-state index contributed by atoms with van der Waals surface area (Å²) < 4.78 is 92.8. The summed E-state index contributed by atoms with van der Waals surface area (Å²) >= 11 is 0. The number of hydrogen-bond donors (Lipinski definition) is 2. The number of aromatic nitrogens is 1. The molecule has 0 aliphatic rings. The highest BCUT2D eigenvalue weighted by atomic mass is 19.4. The fraction of sp³-hybridized carbons (Fsp3) is 0.368. The van der Waals surface area contributed by atoms with Gasteiger partial charge in [-0.2, -0.15) is 26.3 Å². The molecule has 0 aliphatic carbocycles. The maximum absolute atomic E-state index is 14.4. The van der Waals surface area contributed by atoms with Crippen molar-refractivity contribution in [2.24, 2.45) is 5.73 Å². The van der Waals surface area contributed by atoms with Crippen molar-refractivity contribution in [3.05, 3.63) is 58.4 Å². The van der Waals surface area contributed by atoms with Crippen LogP contribution in [0, 0.1) is 6.92 Å². The number of nitrogens with zero attached hydrogens (tertiary/aromatic N) is 1. The number of pyridine rings is 1. The maximum Gasteiger partial charge on any atom is 0.435 e. The Balaban J connectivity index is 2.50. The van der Waals surface area contributed by atoms with E-state index >= 15 is 0 Å². The van der Waals surface area contributed by atoms with Crippen LogP contribution >= 0.6 is 0 Å². The van der Waals surface area contributed by atoms with E-state index in [9.17, 15) is 35.5 Å². The van der Waals surface area contributed by atoms with Gasteiger partial charge in [0.15, 0.2) is 0 Å². The number of halogens is 7. The van der Waals surface area contributed by atoms with Gasteiger partial charge in [0.25, 0.3) is 5.91 Å². The van der Waals surface area contributed by atoms with Gasteiger partial charge in [-0.05, 0) is 42.2 Å². The van der Waals surface area contributed by atoms with Crippen LogP contribution in [0.3, 0.4) is 0 Å². The number of carbonyl (C=O) groups excluding carboxylic acids is 1. The van der Waals surface area contributed by atoms with E-state index in [4.69, 9.17) is 5.73 Å². The van der Waals surface area contributed by atoms with Crippen LogP contribution in [0.5, 0.6) is 0 Å². The molecular formula is C19H18F7N3O. The highest BCUT2D eigenvalue weighted by molar-refractivity contribution is 6.03. The zero-order valence-corrected chi connectivity index (χ0v) is 15.9. The SMILES string of the molecule is CCc1cc(C(F)(C(F)(F)F)C(F)(F)F)cc(C)c1NC(=O)c1ccc(CN)cn1. The molecule has 1 amide bonds. The Hall–Kier alpha value is -2.69. The minimum atomic E-state index is -6.22. The molecule has 1 aromatic heterocycles. The van der Waals surface area contributed by atoms with Crippen LogP contribution in [0.25, 0.3) is 0 Å². The molecule has 0 radical (unpaired) electrons. The van der Waals surface area contributed by atoms with Crippen molar-refractivity contribution in [3.8, 4) is 0 Å². The van der Waals surface area contributed by atoms with Gasteiger partial charge in [0.1, 0.15) is 5.69 Å². The van der Waals surface area contributed by atoms with Crippen LogP contribution in [0.2, 0.25) is 0 Å². The van der Waals surface area contributed by atoms with E-state index in [2.05, 4.69) is 10.3 Å². The quantitative estimate of drug-likeness (QED) is 0.651. The zero-order valence-electron chi connectivity index (χ0n) is 15.9. The van der Waals surface area contributed by atoms with Crippen molar-refractivity contribution < 1.29 is 35.5 Å². The molecule has 0 saturated heterocycles. The zero-order chi connectivity index (χ0) is 22.9. The normalized spacial score (nSPS) is 12.7. The van der Waals surface area contributed by atoms with E-state index in [0.29, 0.717) is 17.7 Å². The Morgan fingerprint density at radius 2 is 1.67 bits per heavy atom. The molecule has 0 spiro atoms. The lowest BCUT2D eigenvalue weighted by Gasteiger charge is -2.31. The third-order valence-corrected chi connectivity index (χ3v) is 4.51. The first-order chi connectivity index (χ1) is 13.8. The number of amides is 1. The molecule has 0 fully saturated rings. The van der Waals surface area contributed by atoms with Crippen molar-refractivity contribution in [2.45, 2.75) is 44.8 Å². The molecule has 1 aromatic carbocycles. The number of carbonyl (C=O) groups is 1. The van der Waals surface area contributed by atoms with Crippen LogP contribution < -0.4 is 11.1 Å². The number of anilines is 1. The topological polar surface area (TPSA) is 68.0 Å². The van der Waals surface area contributed by atoms with Gasteiger partial charge >= 0.3 is 18.0 Å². The summed E-state index contributed by atoms with van der Waals surface area (Å²) in [6.45, 7) is 2.82. The van der Waals surface area contributed by atoms with Crippen LogP contribution in [-0.4, -0.2) is 23.2 Å². The van der Waals surface area contributed by atoms with Crippen molar-refractivity contribution in [1.82, 2.24) is 4.98 Å². The van der Waals surface area contributed by atoms with Gasteiger partial charge in [0.2, 0.25) is 0 Å². The van der Waals surface area contributed by atoms with E-state index in [1.165, 1.54) is 26.1 Å². The van der Waals surface area contributed by atoms with E-state index in [-0.39, 0.29) is 35.5 Å². The fourth-order valence-electron chi connectivity index (χ4n) is 2.86. The number of alkyl halides is 7. The highest BCUT2D eigenvalue weighted by Gasteiger charge is 2.73. The minimum Gasteiger partial charge on any atom is -0.326 e. The van der Waals surface area contributed by atoms with E-state index in [0.717, 1.165) is 0 Å². The second-order valence-electron chi connectivity index (χ2n) is 6.54. The molecule has 11 heteroatoms. The number of nitrogens with two attached hydrogens (primary N) is 1. The van der Waals surface area contributed by atoms with Crippen molar-refractivity contribution in [3.63, 3.8) is 0 Å². The molecule has 2 aromatic rings. The average Bonchev–Trinajstić information content (AvgIpc) is 2.66. The predicted molar refractivity (Wildman–Crippen MR) is 95.5 cm³/mol. The fourth-order valence-corrected chi connectivity index (χ4v) is 2.86. The molecule has 0 aliphatic heterocycles. The Morgan fingerprint density at radius 3 is 2.10 bits per heavy atom. The van der Waals surface area contributed by atoms with Crippen LogP contribution in [0.15, 0.2) is 30.5 Å². The summed E-state index contributed by atoms with van der Waals surface area (Å²) in [5, 5.41) is 2.42. The molecule has 1 heterocycles. The number of benzene rings is 1. The first-order valence-electron chi connectivity index (χ1n) is 8.69. The summed E-state index contributed by atoms with van der Waals surface area (Å²) in [6.07, 6.45) is -11.1. The third kappa shape index (κ3) is 4.25. The van der Waals surface area contributed by atoms with Crippen molar-refractivity contribution in [2.75, 3.05) is 5.32 Å². The predicted octanol–water partition coefficient (Wildman–Crippen LogP) is 4.95. The van der Waals surface area contributed by atoms with Gasteiger partial charge in [-0.1, -0.05) is 19.1 Å². The van der Waals surface area contributed by atoms with Gasteiger partial charge < -0.3 is 11.1 Å². The number of rotatable bonds is 5. The van der Waals surface area contributed by atoms with Crippen LogP contribution in [0.4, 0.5) is 36.4 Å². The Morgan fingerprint density at radius 1 is 1.07 bits per heavy atom. The highest BCUT2D eigenvalue weighted by Crippen LogP contribution is 2.53. The molecule has 0 saturated carbocycles. The van der Waals surface area contributed by atoms with Gasteiger partial charge in [0.05, 0.1) is 0 Å². The van der Waals surface area contributed by atoms with Crippen LogP contribution in [0.1, 0.15) is 39.7 Å². The Kier molecular flexibility index (Phi) is 6.45. The lowest BCUT2D eigenvalue weighted by atomic mass is 9.89. The second kappa shape index (κ2) is 8.21. The standard InChI is InChI=1S/C19H18F7N3O/c1-3-12-7-13(17(20,18(21,22)23)19(24,25)26)6-10(2)15(12)29-16(30)14-5-4-11(8-27)9-28-14/h4-7,9H,3,8,27H2,1-2H3,(H,29,30). The van der Waals surface area contributed by atoms with Crippen molar-refractivity contribution in [1.29, 1.82) is 0 Å². The van der Waals surface area contributed by atoms with E-state index in [1.54, 1.807) is 6.07 Å². The lowest BCUT2D eigenvalue weighted by molar-refractivity contribution is -0.348. The van der Waals surface area contributed by atoms with Gasteiger partial charge in [-0.3, -0.25) is 9.78 Å². The van der Waals surface area contributed by atoms with E-state index < -0.39 is 29.5 Å². The van der Waals surface area contributed by atoms with Gasteiger partial charge in [0, 0.05) is 24.0 Å². The minimum absolute atomic E-state index is 0.0114. The van der Waals surface area contributed by atoms with Gasteiger partial charge in [-0.25, -0.2) is 4.39 Å². The van der Waals surface area contributed by atoms with Gasteiger partial charge in [-0.15, -0.1) is 0 Å². The van der Waals surface area contributed by atoms with E-state index in [1.807, 2.05) is 0 Å². The lowest BCUT2D eigenvalue weighted by Crippen LogP contribution is -2.50. The molecule has 0 unspecified atom stereocenters. The summed E-state index contributed by atoms with van der Waals surface area (Å²) in [7, 11) is 0. The summed E-state index contributed by atoms with van der Waals surface area (Å²) in [6, 6.07) is 3.81. The average molecular weight is 437 g/mol. The first kappa shape index (κ1) is 23.6. The smallest absolute Gasteiger partial charge is 0.326 e. The maximum atomic E-state index is 14.4. The molecule has 164 valence electrons.